The van der Waals surface area contributed by atoms with Crippen LogP contribution >= 0.6 is 0 Å². The average molecular weight is 513 g/mol. The highest BCUT2D eigenvalue weighted by atomic mass is 16.3. The predicted molar refractivity (Wildman–Crippen MR) is 167 cm³/mol. The summed E-state index contributed by atoms with van der Waals surface area (Å²) in [7, 11) is 0. The van der Waals surface area contributed by atoms with Crippen LogP contribution in [0.5, 0.6) is 0 Å². The minimum absolute atomic E-state index is 0.632. The van der Waals surface area contributed by atoms with Crippen LogP contribution in [-0.2, 0) is 0 Å². The molecule has 0 atom stereocenters. The van der Waals surface area contributed by atoms with Crippen LogP contribution < -0.4 is 4.90 Å². The molecule has 0 saturated heterocycles. The number of hydrogen-bond acceptors (Lipinski definition) is 3. The van der Waals surface area contributed by atoms with E-state index in [1.165, 1.54) is 10.8 Å². The zero-order chi connectivity index (χ0) is 26.5. The summed E-state index contributed by atoms with van der Waals surface area (Å²) in [5.74, 6) is 0.632. The van der Waals surface area contributed by atoms with Crippen molar-refractivity contribution >= 4 is 60.5 Å². The SMILES string of the molecule is c1ccc(-c2nc3c4cc(N(c5ccccc5)c5cccc6ccccc56)ccc4c4ccccc4c3o2)cc1. The van der Waals surface area contributed by atoms with Crippen LogP contribution in [0.4, 0.5) is 17.1 Å². The van der Waals surface area contributed by atoms with E-state index in [-0.39, 0.29) is 0 Å². The van der Waals surface area contributed by atoms with Gasteiger partial charge in [-0.25, -0.2) is 4.98 Å². The lowest BCUT2D eigenvalue weighted by atomic mass is 9.99. The number of fused-ring (bicyclic) bond motifs is 7. The van der Waals surface area contributed by atoms with E-state index < -0.39 is 0 Å². The van der Waals surface area contributed by atoms with E-state index >= 15 is 0 Å². The van der Waals surface area contributed by atoms with Gasteiger partial charge in [0.05, 0.1) is 5.69 Å². The van der Waals surface area contributed by atoms with E-state index in [1.807, 2.05) is 30.3 Å². The quantitative estimate of drug-likeness (QED) is 0.220. The lowest BCUT2D eigenvalue weighted by Crippen LogP contribution is -2.10. The fourth-order valence-corrected chi connectivity index (χ4v) is 5.82. The summed E-state index contributed by atoms with van der Waals surface area (Å²) in [5.41, 5.74) is 5.95. The molecular weight excluding hydrogens is 488 g/mol. The highest BCUT2D eigenvalue weighted by molar-refractivity contribution is 6.23. The standard InChI is InChI=1S/C37H24N2O/c1-3-13-26(14-4-1)37-38-35-33-24-28(22-23-31(33)30-19-9-10-20-32(30)36(35)40-37)39(27-16-5-2-6-17-27)34-21-11-15-25-12-7-8-18-29(25)34/h1-24H. The summed E-state index contributed by atoms with van der Waals surface area (Å²) >= 11 is 0. The molecule has 3 nitrogen and oxygen atoms in total. The van der Waals surface area contributed by atoms with Gasteiger partial charge in [0.15, 0.2) is 5.58 Å². The largest absolute Gasteiger partial charge is 0.435 e. The van der Waals surface area contributed by atoms with Gasteiger partial charge >= 0.3 is 0 Å². The van der Waals surface area contributed by atoms with Crippen LogP contribution in [0, 0.1) is 0 Å². The Labute approximate surface area is 231 Å². The zero-order valence-electron chi connectivity index (χ0n) is 21.7. The van der Waals surface area contributed by atoms with Crippen molar-refractivity contribution in [2.75, 3.05) is 4.90 Å². The number of benzene rings is 7. The monoisotopic (exact) mass is 512 g/mol. The van der Waals surface area contributed by atoms with Gasteiger partial charge in [-0.05, 0) is 58.6 Å². The van der Waals surface area contributed by atoms with E-state index in [2.05, 4.69) is 120 Å². The molecule has 188 valence electrons. The number of anilines is 3. The Hall–Kier alpha value is -5.41. The Bertz CT molecular complexity index is 2160. The molecule has 0 spiro atoms. The molecular formula is C37H24N2O. The van der Waals surface area contributed by atoms with Gasteiger partial charge in [0, 0.05) is 33.1 Å². The molecule has 0 aliphatic rings. The first-order valence-corrected chi connectivity index (χ1v) is 13.5. The lowest BCUT2D eigenvalue weighted by Gasteiger charge is -2.27. The molecule has 40 heavy (non-hydrogen) atoms. The minimum Gasteiger partial charge on any atom is -0.435 e. The average Bonchev–Trinajstić information content (AvgIpc) is 3.49. The van der Waals surface area contributed by atoms with Crippen molar-refractivity contribution in [1.29, 1.82) is 0 Å². The predicted octanol–water partition coefficient (Wildman–Crippen LogP) is 10.4. The summed E-state index contributed by atoms with van der Waals surface area (Å²) in [6, 6.07) is 50.8. The van der Waals surface area contributed by atoms with E-state index in [9.17, 15) is 0 Å². The Morgan fingerprint density at radius 1 is 0.475 bits per heavy atom. The van der Waals surface area contributed by atoms with Crippen molar-refractivity contribution < 1.29 is 4.42 Å². The summed E-state index contributed by atoms with van der Waals surface area (Å²) in [5, 5.41) is 6.86. The van der Waals surface area contributed by atoms with Crippen molar-refractivity contribution in [3.05, 3.63) is 146 Å². The molecule has 3 heteroatoms. The van der Waals surface area contributed by atoms with Crippen LogP contribution in [-0.4, -0.2) is 4.98 Å². The first kappa shape index (κ1) is 22.6. The third kappa shape index (κ3) is 3.56. The highest BCUT2D eigenvalue weighted by Gasteiger charge is 2.19. The molecule has 0 unspecified atom stereocenters. The van der Waals surface area contributed by atoms with Crippen LogP contribution in [0.1, 0.15) is 0 Å². The van der Waals surface area contributed by atoms with Gasteiger partial charge < -0.3 is 9.32 Å². The number of hydrogen-bond donors (Lipinski definition) is 0. The van der Waals surface area contributed by atoms with E-state index in [0.717, 1.165) is 55.3 Å². The molecule has 0 aliphatic carbocycles. The molecule has 0 saturated carbocycles. The highest BCUT2D eigenvalue weighted by Crippen LogP contribution is 2.43. The van der Waals surface area contributed by atoms with Gasteiger partial charge in [-0.15, -0.1) is 0 Å². The lowest BCUT2D eigenvalue weighted by molar-refractivity contribution is 0.623. The number of nitrogens with zero attached hydrogens (tertiary/aromatic N) is 2. The van der Waals surface area contributed by atoms with Crippen molar-refractivity contribution in [1.82, 2.24) is 4.98 Å². The van der Waals surface area contributed by atoms with Gasteiger partial charge in [0.1, 0.15) is 5.52 Å². The van der Waals surface area contributed by atoms with Crippen LogP contribution in [0.3, 0.4) is 0 Å². The van der Waals surface area contributed by atoms with Crippen molar-refractivity contribution in [2.45, 2.75) is 0 Å². The van der Waals surface area contributed by atoms with E-state index in [4.69, 9.17) is 9.40 Å². The molecule has 8 rings (SSSR count). The molecule has 0 bridgehead atoms. The number of para-hydroxylation sites is 1. The summed E-state index contributed by atoms with van der Waals surface area (Å²) in [6.07, 6.45) is 0. The molecule has 7 aromatic carbocycles. The first-order chi connectivity index (χ1) is 19.8. The number of rotatable bonds is 4. The van der Waals surface area contributed by atoms with Crippen molar-refractivity contribution in [2.24, 2.45) is 0 Å². The van der Waals surface area contributed by atoms with Gasteiger partial charge in [-0.2, -0.15) is 0 Å². The Balaban J connectivity index is 1.44. The number of oxazole rings is 1. The minimum atomic E-state index is 0.632. The molecule has 0 N–H and O–H groups in total. The summed E-state index contributed by atoms with van der Waals surface area (Å²) in [4.78, 5) is 7.41. The zero-order valence-corrected chi connectivity index (χ0v) is 21.7. The molecule has 0 radical (unpaired) electrons. The van der Waals surface area contributed by atoms with Crippen LogP contribution in [0.15, 0.2) is 150 Å². The number of aromatic nitrogens is 1. The third-order valence-electron chi connectivity index (χ3n) is 7.65. The van der Waals surface area contributed by atoms with Gasteiger partial charge in [-0.1, -0.05) is 103 Å². The summed E-state index contributed by atoms with van der Waals surface area (Å²) in [6.45, 7) is 0. The topological polar surface area (TPSA) is 29.3 Å². The fourth-order valence-electron chi connectivity index (χ4n) is 5.82. The molecule has 0 amide bonds. The Morgan fingerprint density at radius 3 is 1.95 bits per heavy atom. The maximum Gasteiger partial charge on any atom is 0.227 e. The fraction of sp³-hybridized carbons (Fsp3) is 0. The molecule has 1 aromatic heterocycles. The maximum atomic E-state index is 6.48. The first-order valence-electron chi connectivity index (χ1n) is 13.5. The van der Waals surface area contributed by atoms with Gasteiger partial charge in [0.25, 0.3) is 0 Å². The molecule has 8 aromatic rings. The molecule has 1 heterocycles. The Kier molecular flexibility index (Phi) is 5.14. The maximum absolute atomic E-state index is 6.48. The van der Waals surface area contributed by atoms with Crippen LogP contribution in [0.25, 0.3) is 54.9 Å². The van der Waals surface area contributed by atoms with Gasteiger partial charge in [-0.3, -0.25) is 0 Å². The molecule has 0 aliphatic heterocycles. The summed E-state index contributed by atoms with van der Waals surface area (Å²) < 4.78 is 6.48. The van der Waals surface area contributed by atoms with Crippen molar-refractivity contribution in [3.8, 4) is 11.5 Å². The normalized spacial score (nSPS) is 11.5. The Morgan fingerprint density at radius 2 is 1.12 bits per heavy atom. The van der Waals surface area contributed by atoms with Gasteiger partial charge in [0.2, 0.25) is 5.89 Å². The van der Waals surface area contributed by atoms with Crippen molar-refractivity contribution in [3.63, 3.8) is 0 Å². The second-order valence-electron chi connectivity index (χ2n) is 10.0. The second kappa shape index (κ2) is 9.11. The third-order valence-corrected chi connectivity index (χ3v) is 7.65. The van der Waals surface area contributed by atoms with E-state index in [0.29, 0.717) is 5.89 Å². The smallest absolute Gasteiger partial charge is 0.227 e. The van der Waals surface area contributed by atoms with E-state index in [1.54, 1.807) is 0 Å². The molecule has 0 fully saturated rings. The van der Waals surface area contributed by atoms with Crippen LogP contribution in [0.2, 0.25) is 0 Å². The second-order valence-corrected chi connectivity index (χ2v) is 10.0.